The van der Waals surface area contributed by atoms with E-state index in [0.29, 0.717) is 17.7 Å². The SMILES string of the molecule is C[C@@]1(C(=O)NC2CCCCCC2)Cc2ccccc2C(=O)N1Cc1ccco1. The Morgan fingerprint density at radius 3 is 2.61 bits per heavy atom. The van der Waals surface area contributed by atoms with Crippen molar-refractivity contribution in [1.29, 1.82) is 0 Å². The smallest absolute Gasteiger partial charge is 0.255 e. The van der Waals surface area contributed by atoms with Crippen LogP contribution in [-0.4, -0.2) is 28.3 Å². The molecule has 1 fully saturated rings. The highest BCUT2D eigenvalue weighted by molar-refractivity contribution is 6.02. The van der Waals surface area contributed by atoms with Gasteiger partial charge in [0.15, 0.2) is 0 Å². The van der Waals surface area contributed by atoms with E-state index in [1.807, 2.05) is 37.3 Å². The molecular weight excluding hydrogens is 352 g/mol. The van der Waals surface area contributed by atoms with Crippen LogP contribution in [0.2, 0.25) is 0 Å². The van der Waals surface area contributed by atoms with Crippen LogP contribution in [0.1, 0.15) is 67.1 Å². The summed E-state index contributed by atoms with van der Waals surface area (Å²) in [5.41, 5.74) is 0.667. The first-order valence-corrected chi connectivity index (χ1v) is 10.3. The van der Waals surface area contributed by atoms with Crippen molar-refractivity contribution in [3.8, 4) is 0 Å². The predicted molar refractivity (Wildman–Crippen MR) is 107 cm³/mol. The summed E-state index contributed by atoms with van der Waals surface area (Å²) in [7, 11) is 0. The highest BCUT2D eigenvalue weighted by Gasteiger charge is 2.47. The molecule has 1 aromatic carbocycles. The van der Waals surface area contributed by atoms with Crippen molar-refractivity contribution in [1.82, 2.24) is 10.2 Å². The molecule has 0 bridgehead atoms. The fourth-order valence-corrected chi connectivity index (χ4v) is 4.49. The first-order chi connectivity index (χ1) is 13.6. The van der Waals surface area contributed by atoms with Gasteiger partial charge in [0.1, 0.15) is 11.3 Å². The highest BCUT2D eigenvalue weighted by atomic mass is 16.3. The van der Waals surface area contributed by atoms with Crippen LogP contribution in [0.3, 0.4) is 0 Å². The van der Waals surface area contributed by atoms with Gasteiger partial charge in [-0.1, -0.05) is 43.9 Å². The van der Waals surface area contributed by atoms with E-state index in [9.17, 15) is 9.59 Å². The Kier molecular flexibility index (Phi) is 5.25. The molecule has 5 nitrogen and oxygen atoms in total. The fourth-order valence-electron chi connectivity index (χ4n) is 4.49. The molecule has 4 rings (SSSR count). The molecule has 0 spiro atoms. The zero-order valence-electron chi connectivity index (χ0n) is 16.4. The number of fused-ring (bicyclic) bond motifs is 1. The molecule has 1 aromatic heterocycles. The van der Waals surface area contributed by atoms with Crippen LogP contribution in [0.4, 0.5) is 0 Å². The minimum Gasteiger partial charge on any atom is -0.467 e. The third-order valence-electron chi connectivity index (χ3n) is 6.20. The first kappa shape index (κ1) is 18.8. The van der Waals surface area contributed by atoms with Crippen molar-refractivity contribution in [2.75, 3.05) is 0 Å². The largest absolute Gasteiger partial charge is 0.467 e. The number of hydrogen-bond donors (Lipinski definition) is 1. The van der Waals surface area contributed by atoms with Crippen molar-refractivity contribution in [2.24, 2.45) is 0 Å². The van der Waals surface area contributed by atoms with Crippen LogP contribution < -0.4 is 5.32 Å². The molecule has 1 atom stereocenters. The van der Waals surface area contributed by atoms with Gasteiger partial charge in [-0.2, -0.15) is 0 Å². The Hall–Kier alpha value is -2.56. The van der Waals surface area contributed by atoms with Crippen LogP contribution in [0, 0.1) is 0 Å². The molecule has 2 heterocycles. The quantitative estimate of drug-likeness (QED) is 0.813. The zero-order chi connectivity index (χ0) is 19.6. The normalized spacial score (nSPS) is 23.2. The van der Waals surface area contributed by atoms with E-state index in [-0.39, 0.29) is 24.4 Å². The second kappa shape index (κ2) is 7.82. The molecule has 5 heteroatoms. The lowest BCUT2D eigenvalue weighted by atomic mass is 9.82. The van der Waals surface area contributed by atoms with E-state index in [2.05, 4.69) is 5.32 Å². The predicted octanol–water partition coefficient (Wildman–Crippen LogP) is 4.08. The van der Waals surface area contributed by atoms with Gasteiger partial charge >= 0.3 is 0 Å². The van der Waals surface area contributed by atoms with Gasteiger partial charge in [-0.25, -0.2) is 0 Å². The maximum atomic E-state index is 13.5. The summed E-state index contributed by atoms with van der Waals surface area (Å²) in [5, 5.41) is 3.27. The average molecular weight is 380 g/mol. The van der Waals surface area contributed by atoms with Crippen LogP contribution in [0.15, 0.2) is 47.1 Å². The van der Waals surface area contributed by atoms with Gasteiger partial charge in [0, 0.05) is 18.0 Å². The average Bonchev–Trinajstić information content (AvgIpc) is 3.08. The summed E-state index contributed by atoms with van der Waals surface area (Å²) in [6.45, 7) is 2.17. The van der Waals surface area contributed by atoms with E-state index in [1.165, 1.54) is 12.8 Å². The van der Waals surface area contributed by atoms with Gasteiger partial charge in [-0.15, -0.1) is 0 Å². The number of benzene rings is 1. The lowest BCUT2D eigenvalue weighted by Crippen LogP contribution is -2.63. The maximum Gasteiger partial charge on any atom is 0.255 e. The lowest BCUT2D eigenvalue weighted by molar-refractivity contribution is -0.133. The Morgan fingerprint density at radius 2 is 1.89 bits per heavy atom. The molecule has 1 aliphatic heterocycles. The summed E-state index contributed by atoms with van der Waals surface area (Å²) < 4.78 is 5.49. The maximum absolute atomic E-state index is 13.5. The Morgan fingerprint density at radius 1 is 1.14 bits per heavy atom. The minimum atomic E-state index is -0.940. The molecule has 2 amide bonds. The Labute approximate surface area is 166 Å². The van der Waals surface area contributed by atoms with Gasteiger partial charge in [-0.3, -0.25) is 9.59 Å². The molecule has 1 aliphatic carbocycles. The number of nitrogens with zero attached hydrogens (tertiary/aromatic N) is 1. The summed E-state index contributed by atoms with van der Waals surface area (Å²) in [6, 6.07) is 11.4. The van der Waals surface area contributed by atoms with Gasteiger partial charge in [0.05, 0.1) is 12.8 Å². The van der Waals surface area contributed by atoms with E-state index < -0.39 is 5.54 Å². The summed E-state index contributed by atoms with van der Waals surface area (Å²) >= 11 is 0. The van der Waals surface area contributed by atoms with E-state index >= 15 is 0 Å². The topological polar surface area (TPSA) is 62.6 Å². The van der Waals surface area contributed by atoms with Crippen molar-refractivity contribution in [3.05, 3.63) is 59.5 Å². The third-order valence-corrected chi connectivity index (χ3v) is 6.20. The van der Waals surface area contributed by atoms with E-state index in [4.69, 9.17) is 4.42 Å². The van der Waals surface area contributed by atoms with Crippen LogP contribution in [-0.2, 0) is 17.8 Å². The highest BCUT2D eigenvalue weighted by Crippen LogP contribution is 2.33. The number of hydrogen-bond acceptors (Lipinski definition) is 3. The fraction of sp³-hybridized carbons (Fsp3) is 0.478. The lowest BCUT2D eigenvalue weighted by Gasteiger charge is -2.44. The molecule has 2 aliphatic rings. The zero-order valence-corrected chi connectivity index (χ0v) is 16.4. The number of furan rings is 1. The molecule has 0 radical (unpaired) electrons. The van der Waals surface area contributed by atoms with Crippen molar-refractivity contribution >= 4 is 11.8 Å². The Balaban J connectivity index is 1.64. The van der Waals surface area contributed by atoms with Crippen molar-refractivity contribution in [3.63, 3.8) is 0 Å². The number of carbonyl (C=O) groups excluding carboxylic acids is 2. The van der Waals surface area contributed by atoms with Gasteiger partial charge in [0.2, 0.25) is 5.91 Å². The summed E-state index contributed by atoms with van der Waals surface area (Å²) in [5.74, 6) is 0.506. The molecular formula is C23H28N2O3. The standard InChI is InChI=1S/C23H28N2O3/c1-23(22(27)24-18-10-4-2-3-5-11-18)15-17-9-6-7-13-20(17)21(26)25(23)16-19-12-8-14-28-19/h6-9,12-14,18H,2-5,10-11,15-16H2,1H3,(H,24,27)/t23-/m0/s1. The van der Waals surface area contributed by atoms with Crippen LogP contribution >= 0.6 is 0 Å². The number of nitrogens with one attached hydrogen (secondary N) is 1. The van der Waals surface area contributed by atoms with Gasteiger partial charge in [-0.05, 0) is 43.5 Å². The van der Waals surface area contributed by atoms with Crippen LogP contribution in [0.25, 0.3) is 0 Å². The molecule has 0 saturated heterocycles. The van der Waals surface area contributed by atoms with E-state index in [1.54, 1.807) is 17.2 Å². The van der Waals surface area contributed by atoms with Gasteiger partial charge < -0.3 is 14.6 Å². The second-order valence-electron chi connectivity index (χ2n) is 8.24. The summed E-state index contributed by atoms with van der Waals surface area (Å²) in [6.07, 6.45) is 8.92. The summed E-state index contributed by atoms with van der Waals surface area (Å²) in [4.78, 5) is 28.5. The van der Waals surface area contributed by atoms with Crippen molar-refractivity contribution in [2.45, 2.75) is 70.0 Å². The van der Waals surface area contributed by atoms with Gasteiger partial charge in [0.25, 0.3) is 5.91 Å². The van der Waals surface area contributed by atoms with E-state index in [0.717, 1.165) is 31.2 Å². The first-order valence-electron chi connectivity index (χ1n) is 10.3. The van der Waals surface area contributed by atoms with Crippen molar-refractivity contribution < 1.29 is 14.0 Å². The number of rotatable bonds is 4. The second-order valence-corrected chi connectivity index (χ2v) is 8.24. The molecule has 1 N–H and O–H groups in total. The number of carbonyl (C=O) groups is 2. The molecule has 148 valence electrons. The molecule has 28 heavy (non-hydrogen) atoms. The molecule has 1 saturated carbocycles. The Bertz CT molecular complexity index is 837. The minimum absolute atomic E-state index is 0.0613. The molecule has 2 aromatic rings. The third kappa shape index (κ3) is 3.58. The number of amides is 2. The monoisotopic (exact) mass is 380 g/mol. The van der Waals surface area contributed by atoms with Crippen LogP contribution in [0.5, 0.6) is 0 Å². The molecule has 0 unspecified atom stereocenters.